The predicted octanol–water partition coefficient (Wildman–Crippen LogP) is 2.47. The zero-order valence-electron chi connectivity index (χ0n) is 13.3. The van der Waals surface area contributed by atoms with E-state index in [0.29, 0.717) is 12.0 Å². The number of amides is 1. The smallest absolute Gasteiger partial charge is 0.227 e. The van der Waals surface area contributed by atoms with E-state index >= 15 is 0 Å². The van der Waals surface area contributed by atoms with E-state index in [1.165, 1.54) is 0 Å². The molecule has 0 saturated carbocycles. The van der Waals surface area contributed by atoms with Gasteiger partial charge < -0.3 is 4.90 Å². The fraction of sp³-hybridized carbons (Fsp3) is 0.389. The molecule has 1 fully saturated rings. The first kappa shape index (κ1) is 15.3. The summed E-state index contributed by atoms with van der Waals surface area (Å²) in [6.07, 6.45) is 6.35. The maximum absolute atomic E-state index is 12.5. The van der Waals surface area contributed by atoms with Crippen molar-refractivity contribution in [3.05, 3.63) is 53.3 Å². The predicted molar refractivity (Wildman–Crippen MR) is 86.7 cm³/mol. The van der Waals surface area contributed by atoms with Gasteiger partial charge in [-0.2, -0.15) is 10.4 Å². The second-order valence-electron chi connectivity index (χ2n) is 6.12. The molecule has 2 heterocycles. The molecule has 0 aliphatic carbocycles. The second-order valence-corrected chi connectivity index (χ2v) is 6.12. The Bertz CT molecular complexity index is 726. The Morgan fingerprint density at radius 3 is 2.83 bits per heavy atom. The van der Waals surface area contributed by atoms with Crippen LogP contribution in [0.4, 0.5) is 0 Å². The molecule has 2 aromatic rings. The van der Waals surface area contributed by atoms with Crippen LogP contribution in [0.25, 0.3) is 0 Å². The Morgan fingerprint density at radius 1 is 1.39 bits per heavy atom. The van der Waals surface area contributed by atoms with Gasteiger partial charge in [0, 0.05) is 19.3 Å². The molecule has 1 saturated heterocycles. The fourth-order valence-electron chi connectivity index (χ4n) is 3.01. The molecule has 1 amide bonds. The van der Waals surface area contributed by atoms with E-state index in [9.17, 15) is 4.79 Å². The zero-order chi connectivity index (χ0) is 16.2. The van der Waals surface area contributed by atoms with Gasteiger partial charge in [-0.15, -0.1) is 0 Å². The second kappa shape index (κ2) is 6.66. The van der Waals surface area contributed by atoms with Crippen LogP contribution in [-0.2, 0) is 11.2 Å². The van der Waals surface area contributed by atoms with Crippen molar-refractivity contribution in [1.82, 2.24) is 14.7 Å². The van der Waals surface area contributed by atoms with Crippen LogP contribution in [0.5, 0.6) is 0 Å². The average Bonchev–Trinajstić information content (AvgIpc) is 3.02. The number of hydrogen-bond donors (Lipinski definition) is 0. The number of hydrogen-bond acceptors (Lipinski definition) is 3. The van der Waals surface area contributed by atoms with Gasteiger partial charge in [0.15, 0.2) is 0 Å². The molecule has 118 valence electrons. The summed E-state index contributed by atoms with van der Waals surface area (Å²) in [5.41, 5.74) is 2.71. The number of nitrogens with zero attached hydrogens (tertiary/aromatic N) is 4. The van der Waals surface area contributed by atoms with Gasteiger partial charge in [-0.25, -0.2) is 0 Å². The van der Waals surface area contributed by atoms with E-state index in [1.54, 1.807) is 12.1 Å². The highest BCUT2D eigenvalue weighted by Gasteiger charge is 2.25. The van der Waals surface area contributed by atoms with Crippen LogP contribution in [-0.4, -0.2) is 33.7 Å². The van der Waals surface area contributed by atoms with E-state index in [2.05, 4.69) is 11.2 Å². The Hall–Kier alpha value is -2.61. The normalized spacial score (nSPS) is 17.7. The third-order valence-electron chi connectivity index (χ3n) is 4.29. The molecule has 1 aromatic carbocycles. The number of aryl methyl sites for hydroxylation is 1. The molecule has 0 spiro atoms. The zero-order valence-corrected chi connectivity index (χ0v) is 13.3. The average molecular weight is 308 g/mol. The van der Waals surface area contributed by atoms with Crippen molar-refractivity contribution < 1.29 is 4.79 Å². The number of benzene rings is 1. The monoisotopic (exact) mass is 308 g/mol. The molecule has 1 atom stereocenters. The summed E-state index contributed by atoms with van der Waals surface area (Å²) in [4.78, 5) is 14.5. The van der Waals surface area contributed by atoms with Crippen LogP contribution < -0.4 is 0 Å². The van der Waals surface area contributed by atoms with Gasteiger partial charge >= 0.3 is 0 Å². The molecule has 0 bridgehead atoms. The van der Waals surface area contributed by atoms with Crippen molar-refractivity contribution in [3.63, 3.8) is 0 Å². The number of likely N-dealkylation sites (tertiary alicyclic amines) is 1. The first-order valence-electron chi connectivity index (χ1n) is 7.93. The summed E-state index contributed by atoms with van der Waals surface area (Å²) in [6.45, 7) is 3.56. The molecular weight excluding hydrogens is 288 g/mol. The van der Waals surface area contributed by atoms with Gasteiger partial charge in [0.1, 0.15) is 0 Å². The summed E-state index contributed by atoms with van der Waals surface area (Å²) in [5.74, 6) is 0.142. The van der Waals surface area contributed by atoms with Crippen molar-refractivity contribution in [1.29, 1.82) is 5.26 Å². The van der Waals surface area contributed by atoms with Gasteiger partial charge in [0.2, 0.25) is 5.91 Å². The molecule has 5 heteroatoms. The Kier molecular flexibility index (Phi) is 4.42. The van der Waals surface area contributed by atoms with E-state index in [-0.39, 0.29) is 11.9 Å². The lowest BCUT2D eigenvalue weighted by atomic mass is 10.0. The van der Waals surface area contributed by atoms with Gasteiger partial charge in [-0.3, -0.25) is 9.48 Å². The highest BCUT2D eigenvalue weighted by atomic mass is 16.2. The molecule has 1 unspecified atom stereocenters. The Balaban J connectivity index is 1.63. The summed E-state index contributed by atoms with van der Waals surface area (Å²) < 4.78 is 1.98. The van der Waals surface area contributed by atoms with E-state index in [1.807, 2.05) is 41.0 Å². The number of rotatable bonds is 3. The van der Waals surface area contributed by atoms with Crippen molar-refractivity contribution in [2.45, 2.75) is 32.2 Å². The fourth-order valence-corrected chi connectivity index (χ4v) is 3.01. The van der Waals surface area contributed by atoms with Gasteiger partial charge in [-0.1, -0.05) is 12.1 Å². The van der Waals surface area contributed by atoms with Crippen molar-refractivity contribution in [2.75, 3.05) is 13.1 Å². The molecular formula is C18H20N4O. The summed E-state index contributed by atoms with van der Waals surface area (Å²) in [5, 5.41) is 13.2. The minimum atomic E-state index is 0.142. The maximum atomic E-state index is 12.5. The lowest BCUT2D eigenvalue weighted by molar-refractivity contribution is -0.132. The summed E-state index contributed by atoms with van der Waals surface area (Å²) >= 11 is 0. The lowest BCUT2D eigenvalue weighted by Gasteiger charge is -2.33. The topological polar surface area (TPSA) is 61.9 Å². The van der Waals surface area contributed by atoms with Gasteiger partial charge in [0.05, 0.1) is 30.3 Å². The number of aromatic nitrogens is 2. The molecule has 3 rings (SSSR count). The molecule has 1 aromatic heterocycles. The lowest BCUT2D eigenvalue weighted by Crippen LogP contribution is -2.41. The third kappa shape index (κ3) is 3.59. The quantitative estimate of drug-likeness (QED) is 0.875. The minimum absolute atomic E-state index is 0.142. The number of carbonyl (C=O) groups is 1. The minimum Gasteiger partial charge on any atom is -0.340 e. The largest absolute Gasteiger partial charge is 0.340 e. The highest BCUT2D eigenvalue weighted by molar-refractivity contribution is 5.79. The summed E-state index contributed by atoms with van der Waals surface area (Å²) in [7, 11) is 0. The Labute approximate surface area is 136 Å². The first-order valence-corrected chi connectivity index (χ1v) is 7.93. The third-order valence-corrected chi connectivity index (χ3v) is 4.29. The van der Waals surface area contributed by atoms with Crippen LogP contribution >= 0.6 is 0 Å². The maximum Gasteiger partial charge on any atom is 0.227 e. The molecule has 0 radical (unpaired) electrons. The van der Waals surface area contributed by atoms with Crippen LogP contribution in [0.3, 0.4) is 0 Å². The van der Waals surface area contributed by atoms with E-state index in [0.717, 1.165) is 37.1 Å². The molecule has 1 aliphatic heterocycles. The molecule has 5 nitrogen and oxygen atoms in total. The van der Waals surface area contributed by atoms with Crippen LogP contribution in [0.15, 0.2) is 36.7 Å². The van der Waals surface area contributed by atoms with Gasteiger partial charge in [-0.05, 0) is 43.0 Å². The van der Waals surface area contributed by atoms with Gasteiger partial charge in [0.25, 0.3) is 0 Å². The summed E-state index contributed by atoms with van der Waals surface area (Å²) in [6, 6.07) is 9.59. The van der Waals surface area contributed by atoms with Crippen molar-refractivity contribution in [3.8, 4) is 6.07 Å². The van der Waals surface area contributed by atoms with Crippen LogP contribution in [0.1, 0.15) is 35.6 Å². The van der Waals surface area contributed by atoms with E-state index < -0.39 is 0 Å². The van der Waals surface area contributed by atoms with E-state index in [4.69, 9.17) is 5.26 Å². The number of carbonyl (C=O) groups excluding carboxylic acids is 1. The number of nitriles is 1. The van der Waals surface area contributed by atoms with Crippen molar-refractivity contribution in [2.24, 2.45) is 0 Å². The van der Waals surface area contributed by atoms with Crippen molar-refractivity contribution >= 4 is 5.91 Å². The molecule has 1 aliphatic rings. The highest BCUT2D eigenvalue weighted by Crippen LogP contribution is 2.22. The molecule has 0 N–H and O–H groups in total. The molecule has 23 heavy (non-hydrogen) atoms. The van der Waals surface area contributed by atoms with Crippen LogP contribution in [0, 0.1) is 18.3 Å². The Morgan fingerprint density at radius 2 is 2.17 bits per heavy atom. The number of piperidine rings is 1. The standard InChI is InChI=1S/C18H20N4O/c1-14-11-20-22(12-14)17-3-2-8-21(13-17)18(23)9-15-4-6-16(10-19)7-5-15/h4-7,11-12,17H,2-3,8-9,13H2,1H3. The van der Waals surface area contributed by atoms with Crippen LogP contribution in [0.2, 0.25) is 0 Å². The SMILES string of the molecule is Cc1cnn(C2CCCN(C(=O)Cc3ccc(C#N)cc3)C2)c1. The first-order chi connectivity index (χ1) is 11.2.